The van der Waals surface area contributed by atoms with E-state index < -0.39 is 0 Å². The normalized spacial score (nSPS) is 11.7. The van der Waals surface area contributed by atoms with Gasteiger partial charge in [-0.3, -0.25) is 13.7 Å². The minimum absolute atomic E-state index is 0.586. The molecule has 0 aliphatic heterocycles. The second-order valence-electron chi connectivity index (χ2n) is 37.2. The molecule has 24 aromatic carbocycles. The lowest BCUT2D eigenvalue weighted by Crippen LogP contribution is -2.06. The first-order chi connectivity index (χ1) is 73.0. The highest BCUT2D eigenvalue weighted by Gasteiger charge is 2.28. The molecule has 0 aliphatic carbocycles. The lowest BCUT2D eigenvalue weighted by Gasteiger charge is -2.14. The maximum atomic E-state index is 5.29. The molecular formula is C135H84N12. The molecule has 30 rings (SSSR count). The molecule has 6 aromatic heterocycles. The number of nitrogens with zero attached hydrogens (tertiary/aromatic N) is 12. The van der Waals surface area contributed by atoms with E-state index in [0.717, 1.165) is 105 Å². The van der Waals surface area contributed by atoms with Crippen LogP contribution in [-0.2, 0) is 0 Å². The van der Waals surface area contributed by atoms with Gasteiger partial charge in [0, 0.05) is 81.9 Å². The van der Waals surface area contributed by atoms with E-state index in [1.807, 2.05) is 72.8 Å². The highest BCUT2D eigenvalue weighted by Crippen LogP contribution is 2.49. The summed E-state index contributed by atoms with van der Waals surface area (Å²) < 4.78 is 6.65. The standard InChI is InChI=1S/3C45H28N4/c1-3-15-29(16-4-1)31-19-7-12-24-37(31)44-46-43(30-17-5-2-6-18-30)47-45(48-44)49-39-26-14-13-25-38(39)42-40(49)28-27-36-34-22-9-8-20-32(34)33-21-10-11-23-35(33)41(36)42;1-3-14-29(15-4-1)31-18-13-19-32(28-31)44-46-43(30-16-5-2-6-17-30)47-45(48-44)49-39-25-12-11-24-38(39)42-40(49)27-26-37-35-22-8-7-20-33(35)34-21-9-10-23-36(34)41(37)42;1-3-13-29(14-4-1)30-23-25-32(26-24-30)44-46-43(31-15-5-2-6-16-31)47-45(48-44)49-39-22-12-11-21-38(39)42-40(49)28-27-37-35-19-8-7-17-33(35)34-18-9-10-20-36(34)41(37)42/h3*1-28H. The molecule has 0 fully saturated rings. The van der Waals surface area contributed by atoms with Gasteiger partial charge in [0.1, 0.15) is 0 Å². The van der Waals surface area contributed by atoms with E-state index in [1.54, 1.807) is 0 Å². The molecule has 12 nitrogen and oxygen atoms in total. The van der Waals surface area contributed by atoms with Crippen molar-refractivity contribution in [3.63, 3.8) is 0 Å². The van der Waals surface area contributed by atoms with E-state index in [9.17, 15) is 0 Å². The maximum absolute atomic E-state index is 5.29. The van der Waals surface area contributed by atoms with Crippen LogP contribution in [0.15, 0.2) is 510 Å². The van der Waals surface area contributed by atoms with Gasteiger partial charge in [-0.25, -0.2) is 15.0 Å². The van der Waals surface area contributed by atoms with Gasteiger partial charge < -0.3 is 0 Å². The third-order valence-corrected chi connectivity index (χ3v) is 28.9. The van der Waals surface area contributed by atoms with Gasteiger partial charge in [0.15, 0.2) is 34.9 Å². The molecule has 147 heavy (non-hydrogen) atoms. The lowest BCUT2D eigenvalue weighted by molar-refractivity contribution is 0.953. The molecule has 0 radical (unpaired) electrons. The van der Waals surface area contributed by atoms with Crippen molar-refractivity contribution in [2.45, 2.75) is 0 Å². The van der Waals surface area contributed by atoms with Crippen LogP contribution in [0.2, 0.25) is 0 Å². The van der Waals surface area contributed by atoms with Crippen LogP contribution in [0.25, 0.3) is 282 Å². The predicted molar refractivity (Wildman–Crippen MR) is 609 cm³/mol. The molecule has 6 heterocycles. The Bertz CT molecular complexity index is 10400. The Kier molecular flexibility index (Phi) is 20.6. The Balaban J connectivity index is 0.000000107. The van der Waals surface area contributed by atoms with Crippen molar-refractivity contribution in [1.29, 1.82) is 0 Å². The summed E-state index contributed by atoms with van der Waals surface area (Å²) in [6.07, 6.45) is 0. The van der Waals surface area contributed by atoms with Crippen LogP contribution in [-0.4, -0.2) is 58.6 Å². The monoisotopic (exact) mass is 1870 g/mol. The van der Waals surface area contributed by atoms with E-state index in [-0.39, 0.29) is 0 Å². The average Bonchev–Trinajstić information content (AvgIpc) is 1.59. The van der Waals surface area contributed by atoms with Gasteiger partial charge in [-0.2, -0.15) is 29.9 Å². The van der Waals surface area contributed by atoms with Crippen molar-refractivity contribution < 1.29 is 0 Å². The van der Waals surface area contributed by atoms with Crippen LogP contribution < -0.4 is 0 Å². The van der Waals surface area contributed by atoms with Crippen LogP contribution in [0.5, 0.6) is 0 Å². The van der Waals surface area contributed by atoms with Crippen LogP contribution in [0.3, 0.4) is 0 Å². The van der Waals surface area contributed by atoms with Gasteiger partial charge in [-0.15, -0.1) is 0 Å². The highest BCUT2D eigenvalue weighted by atomic mass is 15.2. The Hall–Kier alpha value is -20.0. The van der Waals surface area contributed by atoms with Gasteiger partial charge in [0.25, 0.3) is 0 Å². The molecule has 0 saturated heterocycles. The molecule has 0 saturated carbocycles. The fourth-order valence-electron chi connectivity index (χ4n) is 22.4. The smallest absolute Gasteiger partial charge is 0.238 e. The zero-order valence-corrected chi connectivity index (χ0v) is 79.4. The fraction of sp³-hybridized carbons (Fsp3) is 0. The Morgan fingerprint density at radius 2 is 0.320 bits per heavy atom. The lowest BCUT2D eigenvalue weighted by atomic mass is 9.92. The van der Waals surface area contributed by atoms with Gasteiger partial charge in [0.2, 0.25) is 17.8 Å². The molecule has 0 atom stereocenters. The molecule has 0 spiro atoms. The third kappa shape index (κ3) is 14.6. The second kappa shape index (κ2) is 35.7. The number of hydrogen-bond donors (Lipinski definition) is 0. The average molecular weight is 1870 g/mol. The van der Waals surface area contributed by atoms with Crippen LogP contribution in [0.1, 0.15) is 0 Å². The molecule has 684 valence electrons. The maximum Gasteiger partial charge on any atom is 0.238 e. The van der Waals surface area contributed by atoms with E-state index in [2.05, 4.69) is 450 Å². The van der Waals surface area contributed by atoms with Crippen LogP contribution in [0.4, 0.5) is 0 Å². The first kappa shape index (κ1) is 85.1. The number of hydrogen-bond acceptors (Lipinski definition) is 9. The minimum atomic E-state index is 0.586. The van der Waals surface area contributed by atoms with Crippen molar-refractivity contribution >= 4 is 162 Å². The molecule has 0 aliphatic rings. The molecule has 30 aromatic rings. The summed E-state index contributed by atoms with van der Waals surface area (Å²) in [7, 11) is 0. The van der Waals surface area contributed by atoms with Gasteiger partial charge >= 0.3 is 0 Å². The largest absolute Gasteiger partial charge is 0.278 e. The van der Waals surface area contributed by atoms with Crippen molar-refractivity contribution in [2.24, 2.45) is 0 Å². The summed E-state index contributed by atoms with van der Waals surface area (Å²) >= 11 is 0. The van der Waals surface area contributed by atoms with E-state index in [4.69, 9.17) is 44.9 Å². The van der Waals surface area contributed by atoms with E-state index >= 15 is 0 Å². The summed E-state index contributed by atoms with van der Waals surface area (Å²) in [5.74, 6) is 5.55. The summed E-state index contributed by atoms with van der Waals surface area (Å²) in [5.41, 5.74) is 18.8. The van der Waals surface area contributed by atoms with Crippen molar-refractivity contribution in [1.82, 2.24) is 58.6 Å². The fourth-order valence-corrected chi connectivity index (χ4v) is 22.4. The first-order valence-corrected chi connectivity index (χ1v) is 49.6. The zero-order valence-electron chi connectivity index (χ0n) is 79.4. The van der Waals surface area contributed by atoms with Gasteiger partial charge in [0.05, 0.1) is 33.1 Å². The summed E-state index contributed by atoms with van der Waals surface area (Å²) in [4.78, 5) is 46.5. The quantitative estimate of drug-likeness (QED) is 0.110. The Morgan fingerprint density at radius 3 is 0.660 bits per heavy atom. The summed E-state index contributed by atoms with van der Waals surface area (Å²) in [6, 6.07) is 179. The molecule has 12 heteroatoms. The van der Waals surface area contributed by atoms with Crippen molar-refractivity contribution in [3.8, 4) is 120 Å². The molecular weight excluding hydrogens is 1790 g/mol. The highest BCUT2D eigenvalue weighted by molar-refractivity contribution is 6.38. The third-order valence-electron chi connectivity index (χ3n) is 28.9. The number of fused-ring (bicyclic) bond motifs is 30. The molecule has 0 N–H and O–H groups in total. The minimum Gasteiger partial charge on any atom is -0.278 e. The number of aromatic nitrogens is 12. The number of para-hydroxylation sites is 3. The summed E-state index contributed by atoms with van der Waals surface area (Å²) in [5, 5.41) is 29.6. The van der Waals surface area contributed by atoms with Crippen molar-refractivity contribution in [2.75, 3.05) is 0 Å². The molecule has 0 bridgehead atoms. The van der Waals surface area contributed by atoms with Crippen LogP contribution in [0, 0.1) is 0 Å². The van der Waals surface area contributed by atoms with Crippen molar-refractivity contribution in [3.05, 3.63) is 510 Å². The second-order valence-corrected chi connectivity index (χ2v) is 37.2. The SMILES string of the molecule is c1ccc(-c2ccc(-c3nc(-c4ccccc4)nc(-n4c5ccccc5c5c6c7ccccc7c7ccccc7c6ccc54)n3)cc2)cc1.c1ccc(-c2cccc(-c3nc(-c4ccccc4)nc(-n4c5ccccc5c5c6c7ccccc7c7ccccc7c6ccc54)n3)c2)cc1.c1ccc(-c2nc(-c3ccccc3-c3ccccc3)nc(-n3c4ccccc4c4c5c6ccccc6c6ccccc6c5ccc43)n2)cc1. The number of benzene rings is 24. The topological polar surface area (TPSA) is 131 Å². The first-order valence-electron chi connectivity index (χ1n) is 49.6. The summed E-state index contributed by atoms with van der Waals surface area (Å²) in [6.45, 7) is 0. The van der Waals surface area contributed by atoms with E-state index in [1.165, 1.54) is 124 Å². The van der Waals surface area contributed by atoms with Gasteiger partial charge in [-0.1, -0.05) is 467 Å². The zero-order chi connectivity index (χ0) is 96.9. The van der Waals surface area contributed by atoms with Gasteiger partial charge in [-0.05, 0) is 157 Å². The number of rotatable bonds is 12. The Labute approximate surface area is 844 Å². The molecule has 0 amide bonds. The predicted octanol–water partition coefficient (Wildman–Crippen LogP) is 34.3. The van der Waals surface area contributed by atoms with Crippen LogP contribution >= 0.6 is 0 Å². The molecule has 0 unspecified atom stereocenters. The Morgan fingerprint density at radius 1 is 0.109 bits per heavy atom. The van der Waals surface area contributed by atoms with E-state index in [0.29, 0.717) is 52.8 Å².